The third kappa shape index (κ3) is 7.29. The smallest absolute Gasteiger partial charge is 0.109 e. The molecule has 1 aliphatic carbocycles. The second kappa shape index (κ2) is 11.0. The monoisotopic (exact) mass is 294 g/mol. The molecule has 122 valence electrons. The first-order valence-electron chi connectivity index (χ1n) is 9.04. The van der Waals surface area contributed by atoms with Crippen molar-refractivity contribution in [1.82, 2.24) is 5.32 Å². The molecule has 0 spiro atoms. The Bertz CT molecular complexity index is 300. The van der Waals surface area contributed by atoms with Gasteiger partial charge < -0.3 is 4.74 Å². The summed E-state index contributed by atoms with van der Waals surface area (Å²) in [4.78, 5) is 0. The minimum atomic E-state index is -0.333. The summed E-state index contributed by atoms with van der Waals surface area (Å²) in [6, 6.07) is 2.52. The third-order valence-electron chi connectivity index (χ3n) is 4.48. The summed E-state index contributed by atoms with van der Waals surface area (Å²) in [6.07, 6.45) is 13.2. The first-order valence-corrected chi connectivity index (χ1v) is 9.04. The highest BCUT2D eigenvalue weighted by atomic mass is 16.5. The van der Waals surface area contributed by atoms with Crippen LogP contribution in [0, 0.1) is 11.3 Å². The molecule has 3 nitrogen and oxygen atoms in total. The van der Waals surface area contributed by atoms with Crippen molar-refractivity contribution in [1.29, 1.82) is 5.26 Å². The highest BCUT2D eigenvalue weighted by Crippen LogP contribution is 2.30. The molecule has 21 heavy (non-hydrogen) atoms. The van der Waals surface area contributed by atoms with Crippen molar-refractivity contribution in [3.05, 3.63) is 0 Å². The molecule has 3 heteroatoms. The maximum atomic E-state index is 9.51. The predicted molar refractivity (Wildman–Crippen MR) is 88.2 cm³/mol. The zero-order valence-corrected chi connectivity index (χ0v) is 14.1. The van der Waals surface area contributed by atoms with Crippen molar-refractivity contribution in [3.8, 4) is 6.07 Å². The molecule has 1 N–H and O–H groups in total. The summed E-state index contributed by atoms with van der Waals surface area (Å²) >= 11 is 0. The Morgan fingerprint density at radius 2 is 1.90 bits per heavy atom. The molecule has 0 amide bonds. The largest absolute Gasteiger partial charge is 0.378 e. The van der Waals surface area contributed by atoms with Crippen LogP contribution >= 0.6 is 0 Å². The molecule has 0 radical (unpaired) electrons. The van der Waals surface area contributed by atoms with E-state index in [1.54, 1.807) is 0 Å². The van der Waals surface area contributed by atoms with Gasteiger partial charge in [0.2, 0.25) is 0 Å². The maximum Gasteiger partial charge on any atom is 0.109 e. The van der Waals surface area contributed by atoms with Crippen molar-refractivity contribution in [2.24, 2.45) is 0 Å². The van der Waals surface area contributed by atoms with Gasteiger partial charge in [-0.25, -0.2) is 0 Å². The molecule has 1 fully saturated rings. The van der Waals surface area contributed by atoms with Crippen molar-refractivity contribution >= 4 is 0 Å². The fourth-order valence-corrected chi connectivity index (χ4v) is 3.16. The van der Waals surface area contributed by atoms with Crippen LogP contribution < -0.4 is 5.32 Å². The Morgan fingerprint density at radius 1 is 1.14 bits per heavy atom. The van der Waals surface area contributed by atoms with Crippen molar-refractivity contribution in [2.45, 2.75) is 96.1 Å². The number of rotatable bonds is 11. The Kier molecular flexibility index (Phi) is 9.70. The molecule has 2 unspecified atom stereocenters. The van der Waals surface area contributed by atoms with Crippen LogP contribution in [0.4, 0.5) is 0 Å². The Hall–Kier alpha value is -0.590. The summed E-state index contributed by atoms with van der Waals surface area (Å²) in [5, 5.41) is 13.0. The van der Waals surface area contributed by atoms with Gasteiger partial charge >= 0.3 is 0 Å². The third-order valence-corrected chi connectivity index (χ3v) is 4.48. The number of hydrogen-bond acceptors (Lipinski definition) is 3. The van der Waals surface area contributed by atoms with Crippen molar-refractivity contribution in [2.75, 3.05) is 13.2 Å². The average Bonchev–Trinajstić information content (AvgIpc) is 2.52. The number of unbranched alkanes of at least 4 members (excludes halogenated alkanes) is 5. The zero-order chi connectivity index (χ0) is 15.4. The number of nitrogens with one attached hydrogen (secondary N) is 1. The van der Waals surface area contributed by atoms with E-state index in [1.165, 1.54) is 38.5 Å². The van der Waals surface area contributed by atoms with Crippen LogP contribution in [0.5, 0.6) is 0 Å². The first kappa shape index (κ1) is 18.5. The lowest BCUT2D eigenvalue weighted by atomic mass is 9.81. The Labute approximate surface area is 131 Å². The molecule has 2 atom stereocenters. The van der Waals surface area contributed by atoms with E-state index in [2.05, 4.69) is 25.2 Å². The van der Waals surface area contributed by atoms with Crippen molar-refractivity contribution < 1.29 is 4.74 Å². The molecule has 0 saturated heterocycles. The Balaban J connectivity index is 2.19. The van der Waals surface area contributed by atoms with Gasteiger partial charge in [-0.1, -0.05) is 46.0 Å². The van der Waals surface area contributed by atoms with E-state index in [1.807, 2.05) is 0 Å². The number of ether oxygens (including phenoxy) is 1. The fourth-order valence-electron chi connectivity index (χ4n) is 3.16. The van der Waals surface area contributed by atoms with E-state index in [0.717, 1.165) is 45.3 Å². The van der Waals surface area contributed by atoms with Crippen LogP contribution in [0.3, 0.4) is 0 Å². The van der Waals surface area contributed by atoms with Crippen LogP contribution in [-0.2, 0) is 4.74 Å². The summed E-state index contributed by atoms with van der Waals surface area (Å²) in [6.45, 7) is 6.19. The molecule has 0 aromatic carbocycles. The Morgan fingerprint density at radius 3 is 2.62 bits per heavy atom. The number of hydrogen-bond donors (Lipinski definition) is 1. The maximum absolute atomic E-state index is 9.51. The van der Waals surface area contributed by atoms with Gasteiger partial charge in [0.1, 0.15) is 5.54 Å². The predicted octanol–water partition coefficient (Wildman–Crippen LogP) is 4.57. The van der Waals surface area contributed by atoms with Gasteiger partial charge in [-0.3, -0.25) is 5.32 Å². The van der Waals surface area contributed by atoms with Crippen LogP contribution in [0.1, 0.15) is 84.5 Å². The van der Waals surface area contributed by atoms with Crippen LogP contribution in [0.15, 0.2) is 0 Å². The molecule has 0 heterocycles. The molecule has 0 aromatic rings. The van der Waals surface area contributed by atoms with Gasteiger partial charge in [0.15, 0.2) is 0 Å². The lowest BCUT2D eigenvalue weighted by Gasteiger charge is -2.36. The summed E-state index contributed by atoms with van der Waals surface area (Å²) in [5.41, 5.74) is -0.333. The zero-order valence-electron chi connectivity index (χ0n) is 14.1. The fraction of sp³-hybridized carbons (Fsp3) is 0.944. The average molecular weight is 294 g/mol. The van der Waals surface area contributed by atoms with Crippen LogP contribution in [0.25, 0.3) is 0 Å². The van der Waals surface area contributed by atoms with Crippen LogP contribution in [0.2, 0.25) is 0 Å². The molecule has 1 saturated carbocycles. The standard InChI is InChI=1S/C18H34N2O/c1-3-5-6-7-8-9-14-21-17-11-10-12-18(15-17,16-19)20-13-4-2/h17,20H,3-15H2,1-2H3. The first-order chi connectivity index (χ1) is 10.3. The lowest BCUT2D eigenvalue weighted by Crippen LogP contribution is -2.49. The van der Waals surface area contributed by atoms with Gasteiger partial charge in [0, 0.05) is 13.0 Å². The molecule has 0 aliphatic heterocycles. The normalized spacial score (nSPS) is 25.7. The molecule has 0 bridgehead atoms. The van der Waals surface area contributed by atoms with Gasteiger partial charge in [0.25, 0.3) is 0 Å². The molecule has 1 rings (SSSR count). The van der Waals surface area contributed by atoms with Gasteiger partial charge in [-0.15, -0.1) is 0 Å². The quantitative estimate of drug-likeness (QED) is 0.568. The van der Waals surface area contributed by atoms with Gasteiger partial charge in [-0.2, -0.15) is 5.26 Å². The van der Waals surface area contributed by atoms with Gasteiger partial charge in [-0.05, 0) is 38.6 Å². The van der Waals surface area contributed by atoms with Crippen LogP contribution in [-0.4, -0.2) is 24.8 Å². The molecule has 0 aromatic heterocycles. The van der Waals surface area contributed by atoms with E-state index in [-0.39, 0.29) is 11.6 Å². The van der Waals surface area contributed by atoms with Crippen molar-refractivity contribution in [3.63, 3.8) is 0 Å². The number of nitrogens with zero attached hydrogens (tertiary/aromatic N) is 1. The highest BCUT2D eigenvalue weighted by Gasteiger charge is 2.36. The van der Waals surface area contributed by atoms with Gasteiger partial charge in [0.05, 0.1) is 12.2 Å². The second-order valence-electron chi connectivity index (χ2n) is 6.48. The minimum Gasteiger partial charge on any atom is -0.378 e. The SMILES string of the molecule is CCCCCCCCOC1CCCC(C#N)(NCCC)C1. The molecule has 1 aliphatic rings. The second-order valence-corrected chi connectivity index (χ2v) is 6.48. The topological polar surface area (TPSA) is 45.0 Å². The van der Waals surface area contributed by atoms with E-state index >= 15 is 0 Å². The lowest BCUT2D eigenvalue weighted by molar-refractivity contribution is 0.00736. The molecular weight excluding hydrogens is 260 g/mol. The molecular formula is C18H34N2O. The van der Waals surface area contributed by atoms with E-state index in [4.69, 9.17) is 4.74 Å². The van der Waals surface area contributed by atoms with E-state index in [9.17, 15) is 5.26 Å². The summed E-state index contributed by atoms with van der Waals surface area (Å²) in [5.74, 6) is 0. The van der Waals surface area contributed by atoms with E-state index in [0.29, 0.717) is 0 Å². The summed E-state index contributed by atoms with van der Waals surface area (Å²) < 4.78 is 6.04. The highest BCUT2D eigenvalue weighted by molar-refractivity contribution is 5.10. The summed E-state index contributed by atoms with van der Waals surface area (Å²) in [7, 11) is 0. The van der Waals surface area contributed by atoms with E-state index < -0.39 is 0 Å². The minimum absolute atomic E-state index is 0.276. The number of nitriles is 1.